The van der Waals surface area contributed by atoms with Crippen LogP contribution in [0.4, 0.5) is 4.39 Å². The first-order valence-electron chi connectivity index (χ1n) is 14.8. The molecule has 0 spiro atoms. The van der Waals surface area contributed by atoms with E-state index in [1.54, 1.807) is 24.3 Å². The smallest absolute Gasteiger partial charge is 0.326 e. The van der Waals surface area contributed by atoms with Crippen molar-refractivity contribution >= 4 is 11.9 Å². The van der Waals surface area contributed by atoms with Gasteiger partial charge >= 0.3 is 5.97 Å². The number of rotatable bonds is 22. The predicted molar refractivity (Wildman–Crippen MR) is 152 cm³/mol. The Morgan fingerprint density at radius 2 is 1.65 bits per heavy atom. The van der Waals surface area contributed by atoms with Crippen molar-refractivity contribution in [1.82, 2.24) is 5.32 Å². The maximum absolute atomic E-state index is 13.3. The van der Waals surface area contributed by atoms with Gasteiger partial charge in [0.25, 0.3) is 0 Å². The second kappa shape index (κ2) is 18.0. The summed E-state index contributed by atoms with van der Waals surface area (Å²) in [4.78, 5) is 25.1. The van der Waals surface area contributed by atoms with E-state index in [1.165, 1.54) is 37.8 Å². The van der Waals surface area contributed by atoms with Gasteiger partial charge in [0.05, 0.1) is 18.7 Å². The molecule has 0 aromatic heterocycles. The van der Waals surface area contributed by atoms with Gasteiger partial charge in [-0.15, -0.1) is 0 Å². The van der Waals surface area contributed by atoms with Gasteiger partial charge in [-0.3, -0.25) is 9.18 Å². The zero-order valence-electron chi connectivity index (χ0n) is 23.8. The molecule has 2 unspecified atom stereocenters. The lowest BCUT2D eigenvalue weighted by Crippen LogP contribution is -2.48. The number of epoxide rings is 1. The summed E-state index contributed by atoms with van der Waals surface area (Å²) in [5.41, 5.74) is -0.804. The summed E-state index contributed by atoms with van der Waals surface area (Å²) in [6.07, 6.45) is 13.7. The van der Waals surface area contributed by atoms with E-state index in [0.29, 0.717) is 12.0 Å². The fraction of sp³-hybridized carbons (Fsp3) is 0.677. The van der Waals surface area contributed by atoms with Gasteiger partial charge in [-0.1, -0.05) is 82.6 Å². The van der Waals surface area contributed by atoms with Gasteiger partial charge in [0.2, 0.25) is 5.91 Å². The first-order chi connectivity index (χ1) is 19.2. The normalized spacial score (nSPS) is 20.8. The van der Waals surface area contributed by atoms with E-state index in [1.807, 2.05) is 0 Å². The van der Waals surface area contributed by atoms with Crippen molar-refractivity contribution in [1.29, 1.82) is 0 Å². The molecular formula is C31H48FNO7. The molecule has 9 heteroatoms. The van der Waals surface area contributed by atoms with Gasteiger partial charge in [0.15, 0.2) is 6.29 Å². The topological polar surface area (TPSA) is 140 Å². The van der Waals surface area contributed by atoms with Crippen LogP contribution in [0.2, 0.25) is 0 Å². The van der Waals surface area contributed by atoms with Crippen molar-refractivity contribution in [3.63, 3.8) is 0 Å². The highest BCUT2D eigenvalue weighted by Crippen LogP contribution is 2.45. The molecule has 1 saturated heterocycles. The van der Waals surface area contributed by atoms with Crippen LogP contribution in [0, 0.1) is 5.92 Å². The molecule has 5 N–H and O–H groups in total. The second-order valence-electron chi connectivity index (χ2n) is 10.9. The Morgan fingerprint density at radius 3 is 2.20 bits per heavy atom. The van der Waals surface area contributed by atoms with Crippen molar-refractivity contribution in [2.45, 2.75) is 121 Å². The number of hydrogen-bond donors (Lipinski definition) is 5. The maximum atomic E-state index is 13.3. The number of phenolic OH excluding ortho intramolecular Hbond substituents is 1. The predicted octanol–water partition coefficient (Wildman–Crippen LogP) is 5.19. The molecule has 1 amide bonds. The number of carboxylic acid groups (broad SMARTS) is 1. The number of ether oxygens (including phenoxy) is 1. The van der Waals surface area contributed by atoms with Gasteiger partial charge in [0, 0.05) is 12.8 Å². The van der Waals surface area contributed by atoms with Crippen LogP contribution in [0.3, 0.4) is 0 Å². The van der Waals surface area contributed by atoms with E-state index >= 15 is 0 Å². The first-order valence-corrected chi connectivity index (χ1v) is 14.8. The number of carbonyl (C=O) groups is 2. The van der Waals surface area contributed by atoms with E-state index in [9.17, 15) is 34.4 Å². The summed E-state index contributed by atoms with van der Waals surface area (Å²) < 4.78 is 18.6. The summed E-state index contributed by atoms with van der Waals surface area (Å²) >= 11 is 0. The van der Waals surface area contributed by atoms with Crippen molar-refractivity contribution in [2.75, 3.05) is 6.67 Å². The highest BCUT2D eigenvalue weighted by molar-refractivity contribution is 5.87. The highest BCUT2D eigenvalue weighted by Gasteiger charge is 2.62. The van der Waals surface area contributed by atoms with E-state index in [4.69, 9.17) is 4.74 Å². The minimum absolute atomic E-state index is 0.00906. The number of benzene rings is 1. The molecule has 0 saturated carbocycles. The number of alkyl halides is 1. The van der Waals surface area contributed by atoms with Crippen LogP contribution >= 0.6 is 0 Å². The Bertz CT molecular complexity index is 909. The lowest BCUT2D eigenvalue weighted by atomic mass is 9.87. The third-order valence-corrected chi connectivity index (χ3v) is 7.60. The average molecular weight is 566 g/mol. The van der Waals surface area contributed by atoms with Gasteiger partial charge in [-0.2, -0.15) is 0 Å². The van der Waals surface area contributed by atoms with Crippen LogP contribution in [0.1, 0.15) is 96.0 Å². The molecule has 1 aromatic rings. The van der Waals surface area contributed by atoms with Crippen LogP contribution in [0.5, 0.6) is 5.75 Å². The lowest BCUT2D eigenvalue weighted by molar-refractivity contribution is -0.142. The molecule has 1 fully saturated rings. The number of unbranched alkanes of at least 4 members (excludes halogenated alkanes) is 8. The number of carbonyl (C=O) groups excluding carboxylic acids is 1. The van der Waals surface area contributed by atoms with Gasteiger partial charge < -0.3 is 30.5 Å². The Hall–Kier alpha value is -2.49. The van der Waals surface area contributed by atoms with Gasteiger partial charge in [-0.25, -0.2) is 4.79 Å². The van der Waals surface area contributed by atoms with Crippen molar-refractivity contribution in [2.24, 2.45) is 5.92 Å². The number of nitrogens with one attached hydrogen (secondary N) is 1. The Labute approximate surface area is 237 Å². The minimum Gasteiger partial charge on any atom is -0.508 e. The SMILES string of the molecule is CCCCCCCC(O)CCCCCC/C=C/[C@H](C(=O)N[C@@H](Cc1ccc(O)cc1)C(=O)O)[C@]1(CCF)OC1O. The number of aromatic hydroxyl groups is 1. The van der Waals surface area contributed by atoms with Crippen molar-refractivity contribution < 1.29 is 39.1 Å². The van der Waals surface area contributed by atoms with E-state index in [-0.39, 0.29) is 24.7 Å². The number of aliphatic hydroxyl groups excluding tert-OH is 2. The quantitative estimate of drug-likeness (QED) is 0.0741. The van der Waals surface area contributed by atoms with E-state index < -0.39 is 42.4 Å². The number of hydrogen-bond acceptors (Lipinski definition) is 6. The Kier molecular flexibility index (Phi) is 15.2. The number of aliphatic hydroxyl groups is 2. The monoisotopic (exact) mass is 565 g/mol. The van der Waals surface area contributed by atoms with Crippen LogP contribution < -0.4 is 5.32 Å². The number of allylic oxidation sites excluding steroid dienone is 1. The van der Waals surface area contributed by atoms with Crippen molar-refractivity contribution in [3.05, 3.63) is 42.0 Å². The summed E-state index contributed by atoms with van der Waals surface area (Å²) in [6, 6.07) is 4.76. The number of amides is 1. The van der Waals surface area contributed by atoms with Gasteiger partial charge in [-0.05, 0) is 43.4 Å². The van der Waals surface area contributed by atoms with E-state index in [2.05, 4.69) is 12.2 Å². The summed E-state index contributed by atoms with van der Waals surface area (Å²) in [6.45, 7) is 1.39. The van der Waals surface area contributed by atoms with Gasteiger partial charge in [0.1, 0.15) is 17.4 Å². The number of phenols is 1. The van der Waals surface area contributed by atoms with E-state index in [0.717, 1.165) is 44.9 Å². The van der Waals surface area contributed by atoms with Crippen LogP contribution in [-0.4, -0.2) is 63.0 Å². The fourth-order valence-corrected chi connectivity index (χ4v) is 5.04. The molecule has 2 rings (SSSR count). The largest absolute Gasteiger partial charge is 0.508 e. The third kappa shape index (κ3) is 11.6. The third-order valence-electron chi connectivity index (χ3n) is 7.60. The molecule has 0 radical (unpaired) electrons. The molecule has 0 bridgehead atoms. The lowest BCUT2D eigenvalue weighted by Gasteiger charge is -2.23. The molecule has 1 aliphatic heterocycles. The molecule has 1 heterocycles. The molecule has 40 heavy (non-hydrogen) atoms. The van der Waals surface area contributed by atoms with Crippen LogP contribution in [0.15, 0.2) is 36.4 Å². The molecule has 1 aliphatic rings. The summed E-state index contributed by atoms with van der Waals surface area (Å²) in [7, 11) is 0. The summed E-state index contributed by atoms with van der Waals surface area (Å²) in [5, 5.41) is 41.9. The molecule has 1 aromatic carbocycles. The minimum atomic E-state index is -1.41. The van der Waals surface area contributed by atoms with Crippen molar-refractivity contribution in [3.8, 4) is 5.75 Å². The highest BCUT2D eigenvalue weighted by atomic mass is 19.1. The molecule has 8 nitrogen and oxygen atoms in total. The zero-order valence-corrected chi connectivity index (χ0v) is 23.8. The molecule has 5 atom stereocenters. The maximum Gasteiger partial charge on any atom is 0.326 e. The first kappa shape index (κ1) is 33.7. The molecular weight excluding hydrogens is 517 g/mol. The molecule has 0 aliphatic carbocycles. The Balaban J connectivity index is 1.84. The standard InChI is InChI=1S/C31H48FNO7/c1-2-3-4-7-10-13-24(34)14-11-8-5-6-9-12-15-26(31(20-21-32)30(39)40-31)28(36)33-27(29(37)38)22-23-16-18-25(35)19-17-23/h12,15-19,24,26-27,30,34-35,39H,2-11,13-14,20-22H2,1H3,(H,33,36)(H,37,38)/b15-12+/t24?,26-,27+,30?,31+/m1/s1. The summed E-state index contributed by atoms with van der Waals surface area (Å²) in [5.74, 6) is -2.89. The zero-order chi connectivity index (χ0) is 29.4. The Morgan fingerprint density at radius 1 is 1.05 bits per heavy atom. The number of carboxylic acids is 1. The van der Waals surface area contributed by atoms with Crippen LogP contribution in [-0.2, 0) is 20.7 Å². The molecule has 226 valence electrons. The average Bonchev–Trinajstić information content (AvgIpc) is 3.57. The number of aliphatic carboxylic acids is 1. The van der Waals surface area contributed by atoms with Crippen LogP contribution in [0.25, 0.3) is 0 Å². The second-order valence-corrected chi connectivity index (χ2v) is 10.9. The fourth-order valence-electron chi connectivity index (χ4n) is 5.04. The number of halogens is 1.